The second-order valence-electron chi connectivity index (χ2n) is 6.05. The number of ether oxygens (including phenoxy) is 1. The molecule has 1 aromatic carbocycles. The fourth-order valence-corrected chi connectivity index (χ4v) is 2.19. The topological polar surface area (TPSA) is 21.3 Å². The molecule has 0 aromatic heterocycles. The van der Waals surface area contributed by atoms with Gasteiger partial charge in [0, 0.05) is 12.1 Å². The highest BCUT2D eigenvalue weighted by molar-refractivity contribution is 5.36. The van der Waals surface area contributed by atoms with Crippen molar-refractivity contribution in [3.8, 4) is 5.75 Å². The molecular weight excluding hydrogens is 246 g/mol. The third kappa shape index (κ3) is 6.95. The van der Waals surface area contributed by atoms with Gasteiger partial charge < -0.3 is 10.1 Å². The molecule has 0 aliphatic carbocycles. The molecule has 2 heteroatoms. The van der Waals surface area contributed by atoms with Gasteiger partial charge in [0.15, 0.2) is 0 Å². The first-order valence-electron chi connectivity index (χ1n) is 8.06. The first-order chi connectivity index (χ1) is 9.63. The predicted octanol–water partition coefficient (Wildman–Crippen LogP) is 4.70. The first-order valence-corrected chi connectivity index (χ1v) is 8.06. The molecular formula is C18H31NO. The van der Waals surface area contributed by atoms with Crippen molar-refractivity contribution in [1.82, 2.24) is 5.32 Å². The molecule has 0 fully saturated rings. The zero-order valence-electron chi connectivity index (χ0n) is 13.7. The molecule has 1 aromatic rings. The SMILES string of the molecule is CCCCCCOc1ccc(C)cc1CNCC(C)C. The van der Waals surface area contributed by atoms with E-state index in [4.69, 9.17) is 4.74 Å². The number of aryl methyl sites for hydroxylation is 1. The van der Waals surface area contributed by atoms with Crippen molar-refractivity contribution in [3.05, 3.63) is 29.3 Å². The molecule has 114 valence electrons. The minimum Gasteiger partial charge on any atom is -0.493 e. The van der Waals surface area contributed by atoms with E-state index in [1.807, 2.05) is 0 Å². The number of hydrogen-bond acceptors (Lipinski definition) is 2. The van der Waals surface area contributed by atoms with Crippen LogP contribution in [0.5, 0.6) is 5.75 Å². The molecule has 0 aliphatic rings. The van der Waals surface area contributed by atoms with E-state index in [2.05, 4.69) is 51.2 Å². The van der Waals surface area contributed by atoms with Gasteiger partial charge in [-0.1, -0.05) is 57.7 Å². The molecule has 0 heterocycles. The third-order valence-electron chi connectivity index (χ3n) is 3.34. The van der Waals surface area contributed by atoms with Gasteiger partial charge in [-0.2, -0.15) is 0 Å². The maximum atomic E-state index is 5.96. The van der Waals surface area contributed by atoms with Crippen molar-refractivity contribution < 1.29 is 4.74 Å². The van der Waals surface area contributed by atoms with Gasteiger partial charge in [-0.05, 0) is 31.9 Å². The molecule has 0 saturated heterocycles. The lowest BCUT2D eigenvalue weighted by molar-refractivity contribution is 0.301. The lowest BCUT2D eigenvalue weighted by Crippen LogP contribution is -2.19. The van der Waals surface area contributed by atoms with E-state index in [-0.39, 0.29) is 0 Å². The Morgan fingerprint density at radius 2 is 1.95 bits per heavy atom. The number of benzene rings is 1. The predicted molar refractivity (Wildman–Crippen MR) is 87.4 cm³/mol. The van der Waals surface area contributed by atoms with Crippen LogP contribution in [0, 0.1) is 12.8 Å². The Hall–Kier alpha value is -1.02. The van der Waals surface area contributed by atoms with Crippen molar-refractivity contribution in [2.75, 3.05) is 13.2 Å². The van der Waals surface area contributed by atoms with E-state index in [9.17, 15) is 0 Å². The van der Waals surface area contributed by atoms with Gasteiger partial charge in [-0.3, -0.25) is 0 Å². The monoisotopic (exact) mass is 277 g/mol. The lowest BCUT2D eigenvalue weighted by Gasteiger charge is -2.14. The van der Waals surface area contributed by atoms with Crippen LogP contribution in [0.15, 0.2) is 18.2 Å². The van der Waals surface area contributed by atoms with Crippen LogP contribution in [0.1, 0.15) is 57.6 Å². The fourth-order valence-electron chi connectivity index (χ4n) is 2.19. The average Bonchev–Trinajstić information content (AvgIpc) is 2.40. The molecule has 0 bridgehead atoms. The summed E-state index contributed by atoms with van der Waals surface area (Å²) in [6.45, 7) is 11.6. The summed E-state index contributed by atoms with van der Waals surface area (Å²) in [5.41, 5.74) is 2.57. The summed E-state index contributed by atoms with van der Waals surface area (Å²) in [5.74, 6) is 1.72. The number of rotatable bonds is 10. The smallest absolute Gasteiger partial charge is 0.123 e. The van der Waals surface area contributed by atoms with E-state index < -0.39 is 0 Å². The Balaban J connectivity index is 2.47. The maximum Gasteiger partial charge on any atom is 0.123 e. The second-order valence-corrected chi connectivity index (χ2v) is 6.05. The molecule has 0 spiro atoms. The highest BCUT2D eigenvalue weighted by atomic mass is 16.5. The maximum absolute atomic E-state index is 5.96. The van der Waals surface area contributed by atoms with Crippen LogP contribution in [-0.4, -0.2) is 13.2 Å². The van der Waals surface area contributed by atoms with Crippen molar-refractivity contribution in [2.45, 2.75) is 59.9 Å². The van der Waals surface area contributed by atoms with Crippen LogP contribution in [0.4, 0.5) is 0 Å². The van der Waals surface area contributed by atoms with E-state index in [1.165, 1.54) is 30.4 Å². The highest BCUT2D eigenvalue weighted by Crippen LogP contribution is 2.20. The van der Waals surface area contributed by atoms with Gasteiger partial charge in [0.2, 0.25) is 0 Å². The molecule has 0 atom stereocenters. The summed E-state index contributed by atoms with van der Waals surface area (Å²) < 4.78 is 5.96. The van der Waals surface area contributed by atoms with Crippen molar-refractivity contribution >= 4 is 0 Å². The number of unbranched alkanes of at least 4 members (excludes halogenated alkanes) is 3. The van der Waals surface area contributed by atoms with Crippen molar-refractivity contribution in [1.29, 1.82) is 0 Å². The first kappa shape index (κ1) is 17.0. The van der Waals surface area contributed by atoms with Crippen LogP contribution in [0.3, 0.4) is 0 Å². The van der Waals surface area contributed by atoms with Crippen molar-refractivity contribution in [2.24, 2.45) is 5.92 Å². The van der Waals surface area contributed by atoms with E-state index in [0.29, 0.717) is 5.92 Å². The summed E-state index contributed by atoms with van der Waals surface area (Å²) in [6.07, 6.45) is 5.00. The van der Waals surface area contributed by atoms with Gasteiger partial charge in [-0.15, -0.1) is 0 Å². The highest BCUT2D eigenvalue weighted by Gasteiger charge is 2.04. The molecule has 1 rings (SSSR count). The summed E-state index contributed by atoms with van der Waals surface area (Å²) in [6, 6.07) is 6.48. The number of hydrogen-bond donors (Lipinski definition) is 1. The zero-order valence-corrected chi connectivity index (χ0v) is 13.7. The Bertz CT molecular complexity index is 374. The van der Waals surface area contributed by atoms with E-state index >= 15 is 0 Å². The quantitative estimate of drug-likeness (QED) is 0.626. The minimum atomic E-state index is 0.679. The van der Waals surface area contributed by atoms with Gasteiger partial charge in [0.1, 0.15) is 5.75 Å². The Labute approximate surface area is 124 Å². The summed E-state index contributed by atoms with van der Waals surface area (Å²) >= 11 is 0. The standard InChI is InChI=1S/C18H31NO/c1-5-6-7-8-11-20-18-10-9-16(4)12-17(18)14-19-13-15(2)3/h9-10,12,15,19H,5-8,11,13-14H2,1-4H3. The molecule has 0 aliphatic heterocycles. The zero-order chi connectivity index (χ0) is 14.8. The van der Waals surface area contributed by atoms with Crippen LogP contribution in [0.2, 0.25) is 0 Å². The van der Waals surface area contributed by atoms with Gasteiger partial charge in [-0.25, -0.2) is 0 Å². The second kappa shape index (κ2) is 9.82. The van der Waals surface area contributed by atoms with Crippen molar-refractivity contribution in [3.63, 3.8) is 0 Å². The summed E-state index contributed by atoms with van der Waals surface area (Å²) in [7, 11) is 0. The summed E-state index contributed by atoms with van der Waals surface area (Å²) in [4.78, 5) is 0. The van der Waals surface area contributed by atoms with Gasteiger partial charge in [0.25, 0.3) is 0 Å². The van der Waals surface area contributed by atoms with Gasteiger partial charge in [0.05, 0.1) is 6.61 Å². The minimum absolute atomic E-state index is 0.679. The van der Waals surface area contributed by atoms with Crippen LogP contribution in [-0.2, 0) is 6.54 Å². The van der Waals surface area contributed by atoms with Crippen LogP contribution < -0.4 is 10.1 Å². The Kier molecular flexibility index (Phi) is 8.36. The molecule has 1 N–H and O–H groups in total. The normalized spacial score (nSPS) is 11.1. The Morgan fingerprint density at radius 3 is 2.65 bits per heavy atom. The van der Waals surface area contributed by atoms with Crippen LogP contribution in [0.25, 0.3) is 0 Å². The molecule has 2 nitrogen and oxygen atoms in total. The molecule has 0 saturated carbocycles. The fraction of sp³-hybridized carbons (Fsp3) is 0.667. The van der Waals surface area contributed by atoms with E-state index in [1.54, 1.807) is 0 Å². The summed E-state index contributed by atoms with van der Waals surface area (Å²) in [5, 5.41) is 3.50. The molecule has 0 amide bonds. The largest absolute Gasteiger partial charge is 0.493 e. The van der Waals surface area contributed by atoms with Gasteiger partial charge >= 0.3 is 0 Å². The van der Waals surface area contributed by atoms with E-state index in [0.717, 1.165) is 31.9 Å². The molecule has 20 heavy (non-hydrogen) atoms. The molecule has 0 unspecified atom stereocenters. The lowest BCUT2D eigenvalue weighted by atomic mass is 10.1. The van der Waals surface area contributed by atoms with Crippen LogP contribution >= 0.6 is 0 Å². The molecule has 0 radical (unpaired) electrons. The average molecular weight is 277 g/mol. The number of nitrogens with one attached hydrogen (secondary N) is 1. The third-order valence-corrected chi connectivity index (χ3v) is 3.34. The Morgan fingerprint density at radius 1 is 1.15 bits per heavy atom.